The Kier molecular flexibility index (Phi) is 4.48. The molecular formula is C20H26ClN3O2. The van der Waals surface area contributed by atoms with Gasteiger partial charge in [0.2, 0.25) is 5.91 Å². The third-order valence-electron chi connectivity index (χ3n) is 5.89. The number of hydrogen-bond donors (Lipinski definition) is 0. The fourth-order valence-electron chi connectivity index (χ4n) is 4.40. The number of halogens is 1. The minimum Gasteiger partial charge on any atom is -0.340 e. The number of rotatable bonds is 2. The zero-order chi connectivity index (χ0) is 18.5. The molecule has 0 bridgehead atoms. The lowest BCUT2D eigenvalue weighted by Crippen LogP contribution is -2.70. The third-order valence-corrected chi connectivity index (χ3v) is 6.14. The van der Waals surface area contributed by atoms with Crippen molar-refractivity contribution >= 4 is 23.4 Å². The Morgan fingerprint density at radius 3 is 2.35 bits per heavy atom. The van der Waals surface area contributed by atoms with Crippen molar-refractivity contribution in [1.82, 2.24) is 14.7 Å². The molecule has 1 saturated carbocycles. The predicted molar refractivity (Wildman–Crippen MR) is 101 cm³/mol. The number of fused-ring (bicyclic) bond motifs is 1. The number of amides is 2. The van der Waals surface area contributed by atoms with Crippen molar-refractivity contribution in [3.8, 4) is 0 Å². The summed E-state index contributed by atoms with van der Waals surface area (Å²) < 4.78 is 0. The van der Waals surface area contributed by atoms with Gasteiger partial charge in [0.15, 0.2) is 0 Å². The first-order valence-electron chi connectivity index (χ1n) is 9.45. The molecule has 1 atom stereocenters. The van der Waals surface area contributed by atoms with E-state index >= 15 is 0 Å². The quantitative estimate of drug-likeness (QED) is 0.797. The lowest BCUT2D eigenvalue weighted by molar-refractivity contribution is -0.139. The number of carbonyl (C=O) groups is 2. The third kappa shape index (κ3) is 3.35. The highest BCUT2D eigenvalue weighted by Crippen LogP contribution is 2.34. The molecular weight excluding hydrogens is 350 g/mol. The van der Waals surface area contributed by atoms with E-state index in [2.05, 4.69) is 18.7 Å². The van der Waals surface area contributed by atoms with E-state index in [1.165, 1.54) is 0 Å². The largest absolute Gasteiger partial charge is 0.340 e. The summed E-state index contributed by atoms with van der Waals surface area (Å²) in [6.45, 7) is 8.17. The molecule has 1 aromatic rings. The zero-order valence-electron chi connectivity index (χ0n) is 15.4. The highest BCUT2D eigenvalue weighted by molar-refractivity contribution is 6.30. The standard InChI is InChI=1S/C20H26ClN3O2/c1-20(2)13-23(19(26)15-5-7-16(21)8-6-15)12-17-11-22(9-10-24(17)20)18(25)14-3-4-14/h5-8,14,17H,3-4,9-13H2,1-2H3/t17-/m0/s1. The van der Waals surface area contributed by atoms with Crippen LogP contribution < -0.4 is 0 Å². The summed E-state index contributed by atoms with van der Waals surface area (Å²) in [6.07, 6.45) is 2.08. The summed E-state index contributed by atoms with van der Waals surface area (Å²) >= 11 is 5.95. The monoisotopic (exact) mass is 375 g/mol. The lowest BCUT2D eigenvalue weighted by Gasteiger charge is -2.55. The summed E-state index contributed by atoms with van der Waals surface area (Å²) in [4.78, 5) is 31.9. The Labute approximate surface area is 159 Å². The van der Waals surface area contributed by atoms with E-state index in [0.29, 0.717) is 29.6 Å². The van der Waals surface area contributed by atoms with Crippen LogP contribution in [0.3, 0.4) is 0 Å². The van der Waals surface area contributed by atoms with Gasteiger partial charge in [-0.2, -0.15) is 0 Å². The average molecular weight is 376 g/mol. The first kappa shape index (κ1) is 17.8. The summed E-state index contributed by atoms with van der Waals surface area (Å²) in [7, 11) is 0. The summed E-state index contributed by atoms with van der Waals surface area (Å²) in [5.74, 6) is 0.605. The van der Waals surface area contributed by atoms with Crippen molar-refractivity contribution in [3.63, 3.8) is 0 Å². The second-order valence-corrected chi connectivity index (χ2v) is 8.85. The van der Waals surface area contributed by atoms with Gasteiger partial charge in [0.1, 0.15) is 0 Å². The molecule has 2 aliphatic heterocycles. The fraction of sp³-hybridized carbons (Fsp3) is 0.600. The van der Waals surface area contributed by atoms with Crippen LogP contribution in [0, 0.1) is 5.92 Å². The average Bonchev–Trinajstić information content (AvgIpc) is 3.45. The maximum absolute atomic E-state index is 13.0. The van der Waals surface area contributed by atoms with Gasteiger partial charge >= 0.3 is 0 Å². The molecule has 1 aliphatic carbocycles. The summed E-state index contributed by atoms with van der Waals surface area (Å²) in [5.41, 5.74) is 0.570. The molecule has 0 spiro atoms. The van der Waals surface area contributed by atoms with E-state index in [1.54, 1.807) is 24.3 Å². The molecule has 3 aliphatic rings. The molecule has 5 nitrogen and oxygen atoms in total. The van der Waals surface area contributed by atoms with Crippen LogP contribution in [0.4, 0.5) is 0 Å². The van der Waals surface area contributed by atoms with Crippen molar-refractivity contribution < 1.29 is 9.59 Å². The molecule has 140 valence electrons. The normalized spacial score (nSPS) is 25.7. The number of piperazine rings is 2. The van der Waals surface area contributed by atoms with Gasteiger partial charge in [-0.25, -0.2) is 0 Å². The van der Waals surface area contributed by atoms with E-state index in [0.717, 1.165) is 32.5 Å². The Morgan fingerprint density at radius 2 is 1.69 bits per heavy atom. The molecule has 3 fully saturated rings. The molecule has 6 heteroatoms. The number of nitrogens with zero attached hydrogens (tertiary/aromatic N) is 3. The van der Waals surface area contributed by atoms with Crippen molar-refractivity contribution in [3.05, 3.63) is 34.9 Å². The second-order valence-electron chi connectivity index (χ2n) is 8.41. The van der Waals surface area contributed by atoms with Crippen LogP contribution in [0.15, 0.2) is 24.3 Å². The Morgan fingerprint density at radius 1 is 1.04 bits per heavy atom. The first-order valence-corrected chi connectivity index (χ1v) is 9.83. The second kappa shape index (κ2) is 6.54. The van der Waals surface area contributed by atoms with Crippen LogP contribution in [0.25, 0.3) is 0 Å². The van der Waals surface area contributed by atoms with Gasteiger partial charge in [-0.05, 0) is 51.0 Å². The van der Waals surface area contributed by atoms with Crippen molar-refractivity contribution in [2.24, 2.45) is 5.92 Å². The van der Waals surface area contributed by atoms with Gasteiger partial charge in [0.05, 0.1) is 0 Å². The highest BCUT2D eigenvalue weighted by Gasteiger charge is 2.45. The molecule has 0 aromatic heterocycles. The molecule has 0 unspecified atom stereocenters. The van der Waals surface area contributed by atoms with Gasteiger partial charge in [0, 0.05) is 60.8 Å². The molecule has 2 saturated heterocycles. The Hall–Kier alpha value is -1.59. The van der Waals surface area contributed by atoms with Gasteiger partial charge in [0.25, 0.3) is 5.91 Å². The SMILES string of the molecule is CC1(C)CN(C(=O)c2ccc(Cl)cc2)C[C@@H]2CN(C(=O)C3CC3)CCN21. The molecule has 0 N–H and O–H groups in total. The van der Waals surface area contributed by atoms with Crippen LogP contribution in [0.5, 0.6) is 0 Å². The van der Waals surface area contributed by atoms with Gasteiger partial charge < -0.3 is 9.80 Å². The van der Waals surface area contributed by atoms with E-state index in [1.807, 2.05) is 9.80 Å². The van der Waals surface area contributed by atoms with Crippen LogP contribution >= 0.6 is 11.6 Å². The minimum absolute atomic E-state index is 0.0417. The van der Waals surface area contributed by atoms with Crippen LogP contribution in [0.2, 0.25) is 5.02 Å². The van der Waals surface area contributed by atoms with E-state index in [9.17, 15) is 9.59 Å². The Balaban J connectivity index is 1.51. The first-order chi connectivity index (χ1) is 12.3. The van der Waals surface area contributed by atoms with Crippen LogP contribution in [-0.2, 0) is 4.79 Å². The van der Waals surface area contributed by atoms with Crippen molar-refractivity contribution in [1.29, 1.82) is 0 Å². The molecule has 0 radical (unpaired) electrons. The maximum Gasteiger partial charge on any atom is 0.253 e. The molecule has 1 aromatic carbocycles. The summed E-state index contributed by atoms with van der Waals surface area (Å²) in [6, 6.07) is 7.29. The van der Waals surface area contributed by atoms with E-state index in [-0.39, 0.29) is 23.4 Å². The molecule has 26 heavy (non-hydrogen) atoms. The predicted octanol–water partition coefficient (Wildman–Crippen LogP) is 2.50. The maximum atomic E-state index is 13.0. The topological polar surface area (TPSA) is 43.9 Å². The number of carbonyl (C=O) groups excluding carboxylic acids is 2. The highest BCUT2D eigenvalue weighted by atomic mass is 35.5. The van der Waals surface area contributed by atoms with E-state index < -0.39 is 0 Å². The summed E-state index contributed by atoms with van der Waals surface area (Å²) in [5, 5.41) is 0.633. The van der Waals surface area contributed by atoms with Gasteiger partial charge in [-0.15, -0.1) is 0 Å². The number of benzene rings is 1. The smallest absolute Gasteiger partial charge is 0.253 e. The van der Waals surface area contributed by atoms with Crippen LogP contribution in [0.1, 0.15) is 37.0 Å². The van der Waals surface area contributed by atoms with Crippen molar-refractivity contribution in [2.75, 3.05) is 32.7 Å². The van der Waals surface area contributed by atoms with Gasteiger partial charge in [-0.3, -0.25) is 14.5 Å². The van der Waals surface area contributed by atoms with Crippen molar-refractivity contribution in [2.45, 2.75) is 38.3 Å². The minimum atomic E-state index is -0.0975. The van der Waals surface area contributed by atoms with Gasteiger partial charge in [-0.1, -0.05) is 11.6 Å². The van der Waals surface area contributed by atoms with E-state index in [4.69, 9.17) is 11.6 Å². The number of hydrogen-bond acceptors (Lipinski definition) is 3. The Bertz CT molecular complexity index is 714. The van der Waals surface area contributed by atoms with Crippen LogP contribution in [-0.4, -0.2) is 70.8 Å². The molecule has 2 heterocycles. The molecule has 2 amide bonds. The molecule has 4 rings (SSSR count). The zero-order valence-corrected chi connectivity index (χ0v) is 16.2. The lowest BCUT2D eigenvalue weighted by atomic mass is 9.92. The fourth-order valence-corrected chi connectivity index (χ4v) is 4.53.